The SMILES string of the molecule is CC(C)COc1ccc(C2CCCCC2)cc1. The second-order valence-electron chi connectivity index (χ2n) is 5.61. The molecule has 2 rings (SSSR count). The summed E-state index contributed by atoms with van der Waals surface area (Å²) in [6.07, 6.45) is 6.96. The maximum Gasteiger partial charge on any atom is 0.119 e. The molecule has 1 aromatic carbocycles. The van der Waals surface area contributed by atoms with Crippen molar-refractivity contribution in [3.05, 3.63) is 29.8 Å². The van der Waals surface area contributed by atoms with Crippen LogP contribution in [0.4, 0.5) is 0 Å². The Morgan fingerprint density at radius 3 is 2.29 bits per heavy atom. The Kier molecular flexibility index (Phi) is 4.47. The Hall–Kier alpha value is -0.980. The molecule has 94 valence electrons. The molecular formula is C16H24O. The molecule has 0 unspecified atom stereocenters. The molecule has 0 heterocycles. The second-order valence-corrected chi connectivity index (χ2v) is 5.61. The van der Waals surface area contributed by atoms with Gasteiger partial charge < -0.3 is 4.74 Å². The average Bonchev–Trinajstić information content (AvgIpc) is 2.38. The summed E-state index contributed by atoms with van der Waals surface area (Å²) < 4.78 is 5.71. The van der Waals surface area contributed by atoms with Gasteiger partial charge in [-0.25, -0.2) is 0 Å². The third-order valence-corrected chi connectivity index (χ3v) is 3.54. The van der Waals surface area contributed by atoms with Crippen LogP contribution in [-0.4, -0.2) is 6.61 Å². The predicted molar refractivity (Wildman–Crippen MR) is 72.6 cm³/mol. The molecule has 0 saturated heterocycles. The third kappa shape index (κ3) is 3.76. The lowest BCUT2D eigenvalue weighted by Crippen LogP contribution is -2.06. The van der Waals surface area contributed by atoms with Gasteiger partial charge >= 0.3 is 0 Å². The first-order valence-corrected chi connectivity index (χ1v) is 6.98. The molecule has 1 fully saturated rings. The van der Waals surface area contributed by atoms with E-state index in [1.807, 2.05) is 0 Å². The van der Waals surface area contributed by atoms with E-state index in [1.54, 1.807) is 0 Å². The van der Waals surface area contributed by atoms with Crippen LogP contribution in [0, 0.1) is 5.92 Å². The highest BCUT2D eigenvalue weighted by molar-refractivity contribution is 5.29. The Morgan fingerprint density at radius 1 is 1.06 bits per heavy atom. The molecule has 0 amide bonds. The molecule has 0 N–H and O–H groups in total. The molecule has 1 heteroatoms. The zero-order valence-electron chi connectivity index (χ0n) is 11.1. The van der Waals surface area contributed by atoms with Crippen molar-refractivity contribution in [2.45, 2.75) is 51.9 Å². The van der Waals surface area contributed by atoms with Crippen LogP contribution in [0.25, 0.3) is 0 Å². The van der Waals surface area contributed by atoms with Crippen molar-refractivity contribution >= 4 is 0 Å². The van der Waals surface area contributed by atoms with Gasteiger partial charge in [-0.15, -0.1) is 0 Å². The van der Waals surface area contributed by atoms with Crippen LogP contribution in [0.15, 0.2) is 24.3 Å². The van der Waals surface area contributed by atoms with Crippen molar-refractivity contribution < 1.29 is 4.74 Å². The van der Waals surface area contributed by atoms with E-state index in [0.717, 1.165) is 18.3 Å². The van der Waals surface area contributed by atoms with Crippen LogP contribution in [-0.2, 0) is 0 Å². The number of hydrogen-bond donors (Lipinski definition) is 0. The molecule has 1 aromatic rings. The van der Waals surface area contributed by atoms with Crippen molar-refractivity contribution in [3.63, 3.8) is 0 Å². The Balaban J connectivity index is 1.92. The minimum Gasteiger partial charge on any atom is -0.493 e. The van der Waals surface area contributed by atoms with E-state index in [1.165, 1.54) is 37.7 Å². The molecule has 1 saturated carbocycles. The van der Waals surface area contributed by atoms with Crippen molar-refractivity contribution in [2.24, 2.45) is 5.92 Å². The van der Waals surface area contributed by atoms with Gasteiger partial charge in [0.15, 0.2) is 0 Å². The van der Waals surface area contributed by atoms with Gasteiger partial charge in [-0.2, -0.15) is 0 Å². The molecule has 0 aromatic heterocycles. The van der Waals surface area contributed by atoms with Gasteiger partial charge in [0.25, 0.3) is 0 Å². The lowest BCUT2D eigenvalue weighted by atomic mass is 9.84. The van der Waals surface area contributed by atoms with E-state index < -0.39 is 0 Å². The van der Waals surface area contributed by atoms with Gasteiger partial charge in [0.2, 0.25) is 0 Å². The maximum atomic E-state index is 5.71. The number of rotatable bonds is 4. The van der Waals surface area contributed by atoms with Crippen molar-refractivity contribution in [2.75, 3.05) is 6.61 Å². The van der Waals surface area contributed by atoms with Crippen LogP contribution in [0.1, 0.15) is 57.4 Å². The lowest BCUT2D eigenvalue weighted by Gasteiger charge is -2.22. The second kappa shape index (κ2) is 6.09. The van der Waals surface area contributed by atoms with E-state index in [2.05, 4.69) is 38.1 Å². The molecule has 1 nitrogen and oxygen atoms in total. The highest BCUT2D eigenvalue weighted by Crippen LogP contribution is 2.33. The van der Waals surface area contributed by atoms with Gasteiger partial charge in [0.1, 0.15) is 5.75 Å². The monoisotopic (exact) mass is 232 g/mol. The Labute approximate surface area is 105 Å². The molecule has 1 aliphatic carbocycles. The zero-order chi connectivity index (χ0) is 12.1. The van der Waals surface area contributed by atoms with E-state index in [4.69, 9.17) is 4.74 Å². The first kappa shape index (κ1) is 12.5. The highest BCUT2D eigenvalue weighted by Gasteiger charge is 2.15. The summed E-state index contributed by atoms with van der Waals surface area (Å²) in [7, 11) is 0. The van der Waals surface area contributed by atoms with E-state index in [0.29, 0.717) is 5.92 Å². The van der Waals surface area contributed by atoms with Crippen LogP contribution >= 0.6 is 0 Å². The third-order valence-electron chi connectivity index (χ3n) is 3.54. The number of ether oxygens (including phenoxy) is 1. The molecule has 17 heavy (non-hydrogen) atoms. The first-order chi connectivity index (χ1) is 8.25. The maximum absolute atomic E-state index is 5.71. The average molecular weight is 232 g/mol. The van der Waals surface area contributed by atoms with Crippen LogP contribution in [0.5, 0.6) is 5.75 Å². The molecular weight excluding hydrogens is 208 g/mol. The largest absolute Gasteiger partial charge is 0.493 e. The predicted octanol–water partition coefficient (Wildman–Crippen LogP) is 4.77. The Bertz CT molecular complexity index is 320. The summed E-state index contributed by atoms with van der Waals surface area (Å²) in [6, 6.07) is 8.77. The summed E-state index contributed by atoms with van der Waals surface area (Å²) in [5.74, 6) is 2.40. The van der Waals surface area contributed by atoms with Gasteiger partial charge in [-0.05, 0) is 42.4 Å². The fourth-order valence-corrected chi connectivity index (χ4v) is 2.54. The normalized spacial score (nSPS) is 17.4. The number of benzene rings is 1. The topological polar surface area (TPSA) is 9.23 Å². The van der Waals surface area contributed by atoms with Crippen molar-refractivity contribution in [1.82, 2.24) is 0 Å². The highest BCUT2D eigenvalue weighted by atomic mass is 16.5. The Morgan fingerprint density at radius 2 is 1.71 bits per heavy atom. The van der Waals surface area contributed by atoms with Gasteiger partial charge in [0.05, 0.1) is 6.61 Å². The van der Waals surface area contributed by atoms with Gasteiger partial charge in [0, 0.05) is 0 Å². The quantitative estimate of drug-likeness (QED) is 0.726. The number of hydrogen-bond acceptors (Lipinski definition) is 1. The van der Waals surface area contributed by atoms with Crippen molar-refractivity contribution in [1.29, 1.82) is 0 Å². The van der Waals surface area contributed by atoms with Gasteiger partial charge in [-0.1, -0.05) is 45.2 Å². The first-order valence-electron chi connectivity index (χ1n) is 6.98. The summed E-state index contributed by atoms with van der Waals surface area (Å²) in [5, 5.41) is 0. The van der Waals surface area contributed by atoms with Gasteiger partial charge in [-0.3, -0.25) is 0 Å². The van der Waals surface area contributed by atoms with E-state index in [-0.39, 0.29) is 0 Å². The van der Waals surface area contributed by atoms with Crippen LogP contribution < -0.4 is 4.74 Å². The summed E-state index contributed by atoms with van der Waals surface area (Å²) in [6.45, 7) is 5.16. The molecule has 0 radical (unpaired) electrons. The minimum atomic E-state index is 0.591. The lowest BCUT2D eigenvalue weighted by molar-refractivity contribution is 0.271. The smallest absolute Gasteiger partial charge is 0.119 e. The minimum absolute atomic E-state index is 0.591. The van der Waals surface area contributed by atoms with Crippen molar-refractivity contribution in [3.8, 4) is 5.75 Å². The fourth-order valence-electron chi connectivity index (χ4n) is 2.54. The van der Waals surface area contributed by atoms with Crippen LogP contribution in [0.2, 0.25) is 0 Å². The fraction of sp³-hybridized carbons (Fsp3) is 0.625. The molecule has 0 aliphatic heterocycles. The zero-order valence-corrected chi connectivity index (χ0v) is 11.1. The molecule has 0 bridgehead atoms. The molecule has 0 atom stereocenters. The summed E-state index contributed by atoms with van der Waals surface area (Å²) in [4.78, 5) is 0. The van der Waals surface area contributed by atoms with E-state index >= 15 is 0 Å². The summed E-state index contributed by atoms with van der Waals surface area (Å²) in [5.41, 5.74) is 1.50. The van der Waals surface area contributed by atoms with Crippen LogP contribution in [0.3, 0.4) is 0 Å². The standard InChI is InChI=1S/C16H24O/c1-13(2)12-17-16-10-8-15(9-11-16)14-6-4-3-5-7-14/h8-11,13-14H,3-7,12H2,1-2H3. The summed E-state index contributed by atoms with van der Waals surface area (Å²) >= 11 is 0. The molecule has 0 spiro atoms. The molecule has 1 aliphatic rings. The van der Waals surface area contributed by atoms with E-state index in [9.17, 15) is 0 Å².